The minimum Gasteiger partial charge on any atom is -0.348 e. The minimum atomic E-state index is -3.50. The van der Waals surface area contributed by atoms with E-state index in [0.717, 1.165) is 16.8 Å². The second kappa shape index (κ2) is 6.84. The average Bonchev–Trinajstić information content (AvgIpc) is 2.94. The van der Waals surface area contributed by atoms with Gasteiger partial charge in [-0.15, -0.1) is 0 Å². The summed E-state index contributed by atoms with van der Waals surface area (Å²) in [6, 6.07) is 5.47. The van der Waals surface area contributed by atoms with Crippen LogP contribution < -0.4 is 10.0 Å². The third-order valence-corrected chi connectivity index (χ3v) is 4.77. The van der Waals surface area contributed by atoms with E-state index in [9.17, 15) is 8.42 Å². The van der Waals surface area contributed by atoms with Gasteiger partial charge in [-0.2, -0.15) is 0 Å². The molecule has 0 saturated carbocycles. The molecule has 0 aliphatic heterocycles. The molecule has 0 unspecified atom stereocenters. The van der Waals surface area contributed by atoms with Crippen LogP contribution in [0.4, 0.5) is 0 Å². The smallest absolute Gasteiger partial charge is 0.240 e. The number of aromatic nitrogens is 2. The molecule has 0 atom stereocenters. The maximum atomic E-state index is 12.4. The zero-order chi connectivity index (χ0) is 15.3. The summed E-state index contributed by atoms with van der Waals surface area (Å²) < 4.78 is 27.4. The number of hydrogen-bond acceptors (Lipinski definition) is 4. The van der Waals surface area contributed by atoms with Crippen LogP contribution in [0.15, 0.2) is 35.6 Å². The fourth-order valence-electron chi connectivity index (χ4n) is 2.07. The lowest BCUT2D eigenvalue weighted by Gasteiger charge is -2.11. The highest BCUT2D eigenvalue weighted by atomic mass is 32.2. The highest BCUT2D eigenvalue weighted by Crippen LogP contribution is 2.17. The molecule has 2 rings (SSSR count). The van der Waals surface area contributed by atoms with E-state index in [0.29, 0.717) is 24.4 Å². The largest absolute Gasteiger partial charge is 0.348 e. The van der Waals surface area contributed by atoms with Crippen LogP contribution in [-0.2, 0) is 23.0 Å². The molecule has 3 N–H and O–H groups in total. The number of aromatic amines is 1. The maximum absolute atomic E-state index is 12.4. The van der Waals surface area contributed by atoms with Crippen molar-refractivity contribution in [1.29, 1.82) is 0 Å². The Balaban J connectivity index is 2.09. The van der Waals surface area contributed by atoms with Gasteiger partial charge in [0.25, 0.3) is 0 Å². The Bertz CT molecular complexity index is 681. The molecule has 1 heterocycles. The van der Waals surface area contributed by atoms with Crippen LogP contribution in [-0.4, -0.2) is 32.0 Å². The van der Waals surface area contributed by atoms with E-state index in [1.54, 1.807) is 25.5 Å². The Labute approximate surface area is 125 Å². The van der Waals surface area contributed by atoms with Crippen molar-refractivity contribution in [1.82, 2.24) is 20.0 Å². The first-order valence-electron chi connectivity index (χ1n) is 6.74. The Hall–Kier alpha value is -1.70. The number of imidazole rings is 1. The first-order chi connectivity index (χ1) is 10.0. The molecule has 6 nitrogen and oxygen atoms in total. The van der Waals surface area contributed by atoms with Crippen LogP contribution in [0.3, 0.4) is 0 Å². The van der Waals surface area contributed by atoms with E-state index in [-0.39, 0.29) is 0 Å². The fourth-order valence-corrected chi connectivity index (χ4v) is 3.39. The SMILES string of the molecule is CNCc1ccc(C)c(S(=O)(=O)NCCc2cnc[nH]2)c1. The fraction of sp³-hybridized carbons (Fsp3) is 0.357. The molecule has 0 spiro atoms. The molecule has 0 aliphatic carbocycles. The molecule has 114 valence electrons. The highest BCUT2D eigenvalue weighted by molar-refractivity contribution is 7.89. The van der Waals surface area contributed by atoms with Crippen LogP contribution in [0.1, 0.15) is 16.8 Å². The van der Waals surface area contributed by atoms with E-state index in [2.05, 4.69) is 20.0 Å². The van der Waals surface area contributed by atoms with Gasteiger partial charge in [0, 0.05) is 31.4 Å². The van der Waals surface area contributed by atoms with E-state index in [1.165, 1.54) is 0 Å². The quantitative estimate of drug-likeness (QED) is 0.711. The Morgan fingerprint density at radius 1 is 1.33 bits per heavy atom. The van der Waals surface area contributed by atoms with Crippen LogP contribution in [0, 0.1) is 6.92 Å². The topological polar surface area (TPSA) is 86.9 Å². The van der Waals surface area contributed by atoms with Gasteiger partial charge >= 0.3 is 0 Å². The van der Waals surface area contributed by atoms with Crippen molar-refractivity contribution in [2.75, 3.05) is 13.6 Å². The molecule has 0 amide bonds. The standard InChI is InChI=1S/C14H20N4O2S/c1-11-3-4-12(8-15-2)7-14(11)21(19,20)18-6-5-13-9-16-10-17-13/h3-4,7,9-10,15,18H,5-6,8H2,1-2H3,(H,16,17). The summed E-state index contributed by atoms with van der Waals surface area (Å²) in [5, 5.41) is 3.02. The molecule has 0 fully saturated rings. The van der Waals surface area contributed by atoms with Crippen molar-refractivity contribution >= 4 is 10.0 Å². The minimum absolute atomic E-state index is 0.333. The molecule has 0 bridgehead atoms. The summed E-state index contributed by atoms with van der Waals surface area (Å²) in [6.45, 7) is 2.77. The Morgan fingerprint density at radius 2 is 2.14 bits per heavy atom. The van der Waals surface area contributed by atoms with Gasteiger partial charge in [0.2, 0.25) is 10.0 Å². The maximum Gasteiger partial charge on any atom is 0.240 e. The zero-order valence-corrected chi connectivity index (χ0v) is 13.0. The molecular formula is C14H20N4O2S. The molecule has 0 saturated heterocycles. The number of H-pyrrole nitrogens is 1. The summed E-state index contributed by atoms with van der Waals surface area (Å²) in [5.74, 6) is 0. The Morgan fingerprint density at radius 3 is 2.81 bits per heavy atom. The van der Waals surface area contributed by atoms with Gasteiger partial charge in [-0.1, -0.05) is 12.1 Å². The molecule has 0 radical (unpaired) electrons. The van der Waals surface area contributed by atoms with Gasteiger partial charge in [-0.3, -0.25) is 0 Å². The lowest BCUT2D eigenvalue weighted by Crippen LogP contribution is -2.27. The molecule has 1 aromatic heterocycles. The van der Waals surface area contributed by atoms with Crippen LogP contribution >= 0.6 is 0 Å². The summed E-state index contributed by atoms with van der Waals surface area (Å²) in [4.78, 5) is 7.18. The first-order valence-corrected chi connectivity index (χ1v) is 8.22. The summed E-state index contributed by atoms with van der Waals surface area (Å²) in [7, 11) is -1.67. The first kappa shape index (κ1) is 15.7. The number of sulfonamides is 1. The molecule has 2 aromatic rings. The predicted octanol–water partition coefficient (Wildman–Crippen LogP) is 0.959. The molecule has 7 heteroatoms. The zero-order valence-electron chi connectivity index (χ0n) is 12.2. The number of rotatable bonds is 7. The van der Waals surface area contributed by atoms with Crippen LogP contribution in [0.5, 0.6) is 0 Å². The number of nitrogens with one attached hydrogen (secondary N) is 3. The normalized spacial score (nSPS) is 11.7. The van der Waals surface area contributed by atoms with Gasteiger partial charge in [-0.05, 0) is 31.2 Å². The van der Waals surface area contributed by atoms with Crippen LogP contribution in [0.2, 0.25) is 0 Å². The van der Waals surface area contributed by atoms with Gasteiger partial charge in [0.1, 0.15) is 0 Å². The van der Waals surface area contributed by atoms with Crippen molar-refractivity contribution in [2.24, 2.45) is 0 Å². The van der Waals surface area contributed by atoms with Crippen LogP contribution in [0.25, 0.3) is 0 Å². The van der Waals surface area contributed by atoms with E-state index in [1.807, 2.05) is 19.2 Å². The lowest BCUT2D eigenvalue weighted by molar-refractivity contribution is 0.580. The van der Waals surface area contributed by atoms with Gasteiger partial charge < -0.3 is 10.3 Å². The average molecular weight is 308 g/mol. The van der Waals surface area contributed by atoms with E-state index in [4.69, 9.17) is 0 Å². The predicted molar refractivity (Wildman–Crippen MR) is 81.4 cm³/mol. The second-order valence-corrected chi connectivity index (χ2v) is 6.59. The van der Waals surface area contributed by atoms with E-state index < -0.39 is 10.0 Å². The van der Waals surface area contributed by atoms with Crippen molar-refractivity contribution < 1.29 is 8.42 Å². The number of benzene rings is 1. The third-order valence-electron chi connectivity index (χ3n) is 3.16. The molecule has 0 aliphatic rings. The molecular weight excluding hydrogens is 288 g/mol. The number of nitrogens with zero attached hydrogens (tertiary/aromatic N) is 1. The second-order valence-electron chi connectivity index (χ2n) is 4.85. The van der Waals surface area contributed by atoms with Crippen molar-refractivity contribution in [2.45, 2.75) is 24.8 Å². The monoisotopic (exact) mass is 308 g/mol. The third kappa shape index (κ3) is 4.13. The molecule has 1 aromatic carbocycles. The van der Waals surface area contributed by atoms with Crippen molar-refractivity contribution in [3.8, 4) is 0 Å². The Kier molecular flexibility index (Phi) is 5.11. The van der Waals surface area contributed by atoms with Gasteiger partial charge in [0.05, 0.1) is 11.2 Å². The summed E-state index contributed by atoms with van der Waals surface area (Å²) in [6.07, 6.45) is 3.84. The van der Waals surface area contributed by atoms with Gasteiger partial charge in [-0.25, -0.2) is 18.1 Å². The van der Waals surface area contributed by atoms with Gasteiger partial charge in [0.15, 0.2) is 0 Å². The van der Waals surface area contributed by atoms with Crippen molar-refractivity contribution in [3.05, 3.63) is 47.5 Å². The lowest BCUT2D eigenvalue weighted by atomic mass is 10.1. The number of aryl methyl sites for hydroxylation is 1. The highest BCUT2D eigenvalue weighted by Gasteiger charge is 2.16. The number of hydrogen-bond donors (Lipinski definition) is 3. The summed E-state index contributed by atoms with van der Waals surface area (Å²) >= 11 is 0. The molecule has 21 heavy (non-hydrogen) atoms. The van der Waals surface area contributed by atoms with E-state index >= 15 is 0 Å². The summed E-state index contributed by atoms with van der Waals surface area (Å²) in [5.41, 5.74) is 2.58. The van der Waals surface area contributed by atoms with Crippen molar-refractivity contribution in [3.63, 3.8) is 0 Å².